The quantitative estimate of drug-likeness (QED) is 0.735. The zero-order chi connectivity index (χ0) is 16.7. The summed E-state index contributed by atoms with van der Waals surface area (Å²) in [6, 6.07) is 8.71. The Bertz CT molecular complexity index is 685. The fourth-order valence-electron chi connectivity index (χ4n) is 2.50. The van der Waals surface area contributed by atoms with Crippen molar-refractivity contribution in [3.05, 3.63) is 42.1 Å². The summed E-state index contributed by atoms with van der Waals surface area (Å²) in [7, 11) is 0. The van der Waals surface area contributed by atoms with Gasteiger partial charge in [-0.15, -0.1) is 0 Å². The molecule has 1 heterocycles. The van der Waals surface area contributed by atoms with Crippen LogP contribution in [0.3, 0.4) is 0 Å². The fourth-order valence-corrected chi connectivity index (χ4v) is 2.50. The molecule has 23 heavy (non-hydrogen) atoms. The molecule has 5 nitrogen and oxygen atoms in total. The van der Waals surface area contributed by atoms with Gasteiger partial charge < -0.3 is 11.1 Å². The van der Waals surface area contributed by atoms with E-state index >= 15 is 0 Å². The number of carbonyl (C=O) groups excluding carboxylic acids is 2. The Balaban J connectivity index is 2.03. The Morgan fingerprint density at radius 2 is 2.00 bits per heavy atom. The van der Waals surface area contributed by atoms with E-state index in [4.69, 9.17) is 5.73 Å². The molecule has 0 bridgehead atoms. The number of aromatic nitrogens is 1. The number of primary amides is 1. The predicted octanol–water partition coefficient (Wildman–Crippen LogP) is 2.79. The van der Waals surface area contributed by atoms with Crippen LogP contribution in [0.25, 0.3) is 10.9 Å². The van der Waals surface area contributed by atoms with Gasteiger partial charge in [-0.05, 0) is 18.6 Å². The third-order valence-electron chi connectivity index (χ3n) is 3.85. The zero-order valence-corrected chi connectivity index (χ0v) is 13.4. The molecule has 1 aromatic heterocycles. The molecule has 0 fully saturated rings. The molecule has 1 aromatic carbocycles. The van der Waals surface area contributed by atoms with E-state index in [-0.39, 0.29) is 5.91 Å². The molecule has 0 saturated heterocycles. The van der Waals surface area contributed by atoms with Crippen LogP contribution in [0.2, 0.25) is 0 Å². The van der Waals surface area contributed by atoms with E-state index in [1.807, 2.05) is 24.3 Å². The molecule has 0 radical (unpaired) electrons. The minimum Gasteiger partial charge on any atom is -0.368 e. The lowest BCUT2D eigenvalue weighted by Gasteiger charge is -2.15. The first-order chi connectivity index (χ1) is 11.1. The van der Waals surface area contributed by atoms with Crippen LogP contribution in [0.1, 0.15) is 49.4 Å². The van der Waals surface area contributed by atoms with E-state index in [0.29, 0.717) is 12.0 Å². The normalized spacial score (nSPS) is 12.0. The number of benzene rings is 1. The first-order valence-corrected chi connectivity index (χ1v) is 8.06. The van der Waals surface area contributed by atoms with E-state index in [9.17, 15) is 9.59 Å². The summed E-state index contributed by atoms with van der Waals surface area (Å²) in [5.74, 6) is -0.814. The van der Waals surface area contributed by atoms with Gasteiger partial charge in [0.2, 0.25) is 5.91 Å². The lowest BCUT2D eigenvalue weighted by atomic mass is 10.1. The van der Waals surface area contributed by atoms with E-state index in [1.54, 1.807) is 6.07 Å². The molecule has 0 aliphatic carbocycles. The maximum atomic E-state index is 12.3. The second-order valence-electron chi connectivity index (χ2n) is 5.69. The van der Waals surface area contributed by atoms with Crippen molar-refractivity contribution < 1.29 is 9.59 Å². The van der Waals surface area contributed by atoms with Gasteiger partial charge in [0, 0.05) is 11.6 Å². The second-order valence-corrected chi connectivity index (χ2v) is 5.69. The summed E-state index contributed by atoms with van der Waals surface area (Å²) < 4.78 is 0. The van der Waals surface area contributed by atoms with E-state index in [1.165, 1.54) is 6.20 Å². The van der Waals surface area contributed by atoms with Gasteiger partial charge in [0.05, 0.1) is 11.1 Å². The number of fused-ring (bicyclic) bond motifs is 1. The van der Waals surface area contributed by atoms with Crippen LogP contribution >= 0.6 is 0 Å². The van der Waals surface area contributed by atoms with Crippen molar-refractivity contribution in [2.45, 2.75) is 45.1 Å². The van der Waals surface area contributed by atoms with Gasteiger partial charge in [0.1, 0.15) is 6.04 Å². The molecule has 0 saturated carbocycles. The van der Waals surface area contributed by atoms with Gasteiger partial charge in [-0.2, -0.15) is 0 Å². The molecule has 0 aliphatic rings. The van der Waals surface area contributed by atoms with Crippen molar-refractivity contribution in [2.75, 3.05) is 0 Å². The zero-order valence-electron chi connectivity index (χ0n) is 13.4. The van der Waals surface area contributed by atoms with Gasteiger partial charge in [-0.1, -0.05) is 50.8 Å². The smallest absolute Gasteiger partial charge is 0.253 e. The molecule has 2 amide bonds. The summed E-state index contributed by atoms with van der Waals surface area (Å²) in [6.45, 7) is 2.13. The Hall–Kier alpha value is -2.43. The lowest BCUT2D eigenvalue weighted by Crippen LogP contribution is -2.44. The summed E-state index contributed by atoms with van der Waals surface area (Å²) in [5.41, 5.74) is 6.66. The van der Waals surface area contributed by atoms with E-state index < -0.39 is 11.9 Å². The fraction of sp³-hybridized carbons (Fsp3) is 0.389. The van der Waals surface area contributed by atoms with Gasteiger partial charge in [0.15, 0.2) is 0 Å². The molecule has 2 aromatic rings. The summed E-state index contributed by atoms with van der Waals surface area (Å²) in [5, 5.41) is 3.61. The van der Waals surface area contributed by atoms with Crippen LogP contribution < -0.4 is 11.1 Å². The van der Waals surface area contributed by atoms with Crippen LogP contribution in [0.15, 0.2) is 36.5 Å². The number of pyridine rings is 1. The number of nitrogens with zero attached hydrogens (tertiary/aromatic N) is 1. The molecular formula is C18H23N3O2. The molecule has 0 spiro atoms. The van der Waals surface area contributed by atoms with Gasteiger partial charge in [-0.25, -0.2) is 0 Å². The highest BCUT2D eigenvalue weighted by molar-refractivity contribution is 5.99. The molecular weight excluding hydrogens is 290 g/mol. The first-order valence-electron chi connectivity index (χ1n) is 8.06. The predicted molar refractivity (Wildman–Crippen MR) is 91.0 cm³/mol. The summed E-state index contributed by atoms with van der Waals surface area (Å²) in [4.78, 5) is 28.1. The van der Waals surface area contributed by atoms with Gasteiger partial charge in [-0.3, -0.25) is 14.6 Å². The Labute approximate surface area is 136 Å². The highest BCUT2D eigenvalue weighted by atomic mass is 16.2. The minimum absolute atomic E-state index is 0.317. The first kappa shape index (κ1) is 16.9. The molecule has 3 N–H and O–H groups in total. The largest absolute Gasteiger partial charge is 0.368 e. The van der Waals surface area contributed by atoms with Crippen LogP contribution in [0.4, 0.5) is 0 Å². The summed E-state index contributed by atoms with van der Waals surface area (Å²) >= 11 is 0. The number of para-hydroxylation sites is 1. The highest BCUT2D eigenvalue weighted by Gasteiger charge is 2.18. The van der Waals surface area contributed by atoms with Crippen LogP contribution in [0.5, 0.6) is 0 Å². The average molecular weight is 313 g/mol. The van der Waals surface area contributed by atoms with Crippen LogP contribution in [-0.4, -0.2) is 22.8 Å². The topological polar surface area (TPSA) is 85.1 Å². The molecule has 0 aliphatic heterocycles. The Morgan fingerprint density at radius 3 is 2.74 bits per heavy atom. The third kappa shape index (κ3) is 4.77. The molecule has 0 unspecified atom stereocenters. The number of unbranched alkanes of at least 4 members (excludes halogenated alkanes) is 3. The van der Waals surface area contributed by atoms with E-state index in [2.05, 4.69) is 17.2 Å². The number of amides is 2. The average Bonchev–Trinajstić information content (AvgIpc) is 2.56. The van der Waals surface area contributed by atoms with Crippen molar-refractivity contribution in [1.82, 2.24) is 10.3 Å². The number of nitrogens with two attached hydrogens (primary N) is 1. The molecule has 1 atom stereocenters. The number of carbonyl (C=O) groups is 2. The highest BCUT2D eigenvalue weighted by Crippen LogP contribution is 2.13. The lowest BCUT2D eigenvalue weighted by molar-refractivity contribution is -0.120. The molecule has 122 valence electrons. The van der Waals surface area contributed by atoms with Crippen molar-refractivity contribution in [1.29, 1.82) is 0 Å². The van der Waals surface area contributed by atoms with Crippen molar-refractivity contribution in [3.8, 4) is 0 Å². The third-order valence-corrected chi connectivity index (χ3v) is 3.85. The Kier molecular flexibility index (Phi) is 6.09. The molecule has 2 rings (SSSR count). The number of rotatable bonds is 8. The van der Waals surface area contributed by atoms with Crippen LogP contribution in [-0.2, 0) is 4.79 Å². The van der Waals surface area contributed by atoms with Crippen molar-refractivity contribution in [2.24, 2.45) is 5.73 Å². The number of nitrogens with one attached hydrogen (secondary N) is 1. The molecule has 5 heteroatoms. The van der Waals surface area contributed by atoms with Gasteiger partial charge in [0.25, 0.3) is 5.91 Å². The monoisotopic (exact) mass is 313 g/mol. The second kappa shape index (κ2) is 8.27. The maximum Gasteiger partial charge on any atom is 0.253 e. The number of hydrogen-bond acceptors (Lipinski definition) is 3. The van der Waals surface area contributed by atoms with Crippen molar-refractivity contribution >= 4 is 22.7 Å². The number of hydrogen-bond donors (Lipinski definition) is 2. The summed E-state index contributed by atoms with van der Waals surface area (Å²) in [6.07, 6.45) is 6.24. The van der Waals surface area contributed by atoms with Gasteiger partial charge >= 0.3 is 0 Å². The maximum absolute atomic E-state index is 12.3. The Morgan fingerprint density at radius 1 is 1.22 bits per heavy atom. The minimum atomic E-state index is -0.633. The van der Waals surface area contributed by atoms with Crippen LogP contribution in [0, 0.1) is 0 Å². The SMILES string of the molecule is CCCCCC[C@@H](NC(=O)c1cnc2ccccc2c1)C(N)=O. The van der Waals surface area contributed by atoms with E-state index in [0.717, 1.165) is 36.6 Å². The van der Waals surface area contributed by atoms with Crippen molar-refractivity contribution in [3.63, 3.8) is 0 Å². The standard InChI is InChI=1S/C18H23N3O2/c1-2-3-4-5-10-16(17(19)22)21-18(23)14-11-13-8-6-7-9-15(13)20-12-14/h6-9,11-12,16H,2-5,10H2,1H3,(H2,19,22)(H,21,23)/t16-/m1/s1.